The van der Waals surface area contributed by atoms with E-state index in [1.54, 1.807) is 26.0 Å². The SMILES string of the molecule is COCP(=O)(N[C@@H](C)C(=O)OC(C)C)Oc1cc(O)c(-c2n[nH]c(=O)n2-c2ccc3c(ccn3C)c2)cc1C(C)C. The Labute approximate surface area is 237 Å². The summed E-state index contributed by atoms with van der Waals surface area (Å²) in [6.45, 7) is 8.76. The molecule has 0 amide bonds. The molecule has 0 saturated heterocycles. The molecular formula is C28H36N5O7P. The lowest BCUT2D eigenvalue weighted by Gasteiger charge is -2.25. The predicted molar refractivity (Wildman–Crippen MR) is 156 cm³/mol. The third kappa shape index (κ3) is 6.40. The van der Waals surface area contributed by atoms with Gasteiger partial charge in [-0.1, -0.05) is 13.8 Å². The van der Waals surface area contributed by atoms with Gasteiger partial charge in [0.05, 0.1) is 17.4 Å². The lowest BCUT2D eigenvalue weighted by molar-refractivity contribution is -0.149. The molecule has 12 nitrogen and oxygen atoms in total. The molecule has 0 aliphatic heterocycles. The number of aryl methyl sites for hydroxylation is 1. The van der Waals surface area contributed by atoms with E-state index in [4.69, 9.17) is 14.0 Å². The van der Waals surface area contributed by atoms with Crippen LogP contribution in [0.1, 0.15) is 46.1 Å². The van der Waals surface area contributed by atoms with Crippen LogP contribution < -0.4 is 15.3 Å². The zero-order valence-electron chi connectivity index (χ0n) is 24.2. The number of hydrogen-bond acceptors (Lipinski definition) is 8. The second-order valence-corrected chi connectivity index (χ2v) is 12.5. The molecule has 1 unspecified atom stereocenters. The number of carbonyl (C=O) groups excluding carboxylic acids is 1. The quantitative estimate of drug-likeness (QED) is 0.169. The highest BCUT2D eigenvalue weighted by Crippen LogP contribution is 2.48. The van der Waals surface area contributed by atoms with Gasteiger partial charge in [-0.25, -0.2) is 19.5 Å². The molecule has 3 N–H and O–H groups in total. The van der Waals surface area contributed by atoms with Gasteiger partial charge in [-0.2, -0.15) is 5.10 Å². The van der Waals surface area contributed by atoms with Crippen molar-refractivity contribution in [2.75, 3.05) is 13.5 Å². The first kappa shape index (κ1) is 30.1. The Morgan fingerprint density at radius 2 is 1.88 bits per heavy atom. The summed E-state index contributed by atoms with van der Waals surface area (Å²) < 4.78 is 33.4. The number of nitrogens with zero attached hydrogens (tertiary/aromatic N) is 3. The van der Waals surface area contributed by atoms with Gasteiger partial charge in [-0.3, -0.25) is 9.36 Å². The lowest BCUT2D eigenvalue weighted by atomic mass is 9.98. The minimum Gasteiger partial charge on any atom is -0.507 e. The maximum absolute atomic E-state index is 13.8. The number of carbonyl (C=O) groups is 1. The Balaban J connectivity index is 1.74. The van der Waals surface area contributed by atoms with Gasteiger partial charge >= 0.3 is 19.2 Å². The molecule has 0 saturated carbocycles. The number of phenolic OH excluding ortho intramolecular Hbond substituents is 1. The fraction of sp³-hybridized carbons (Fsp3) is 0.393. The van der Waals surface area contributed by atoms with Crippen molar-refractivity contribution < 1.29 is 28.5 Å². The van der Waals surface area contributed by atoms with Crippen molar-refractivity contribution in [3.05, 3.63) is 58.6 Å². The highest BCUT2D eigenvalue weighted by Gasteiger charge is 2.32. The first-order valence-electron chi connectivity index (χ1n) is 13.2. The van der Waals surface area contributed by atoms with Gasteiger partial charge in [0.1, 0.15) is 23.9 Å². The Morgan fingerprint density at radius 3 is 2.54 bits per heavy atom. The highest BCUT2D eigenvalue weighted by molar-refractivity contribution is 7.57. The number of hydrogen-bond donors (Lipinski definition) is 3. The van der Waals surface area contributed by atoms with E-state index in [-0.39, 0.29) is 41.3 Å². The van der Waals surface area contributed by atoms with Crippen LogP contribution in [-0.2, 0) is 25.9 Å². The number of H-pyrrole nitrogens is 1. The topological polar surface area (TPSA) is 150 Å². The molecule has 0 aliphatic carbocycles. The Kier molecular flexibility index (Phi) is 8.77. The molecule has 2 heterocycles. The third-order valence-electron chi connectivity index (χ3n) is 6.43. The monoisotopic (exact) mass is 585 g/mol. The van der Waals surface area contributed by atoms with E-state index >= 15 is 0 Å². The number of phenols is 1. The van der Waals surface area contributed by atoms with Crippen molar-refractivity contribution in [3.63, 3.8) is 0 Å². The molecule has 0 radical (unpaired) electrons. The number of nitrogens with one attached hydrogen (secondary N) is 2. The Bertz CT molecular complexity index is 1670. The number of ether oxygens (including phenoxy) is 2. The number of esters is 1. The Hall–Kier alpha value is -3.86. The van der Waals surface area contributed by atoms with Crippen molar-refractivity contribution in [1.29, 1.82) is 0 Å². The van der Waals surface area contributed by atoms with Crippen LogP contribution >= 0.6 is 7.52 Å². The van der Waals surface area contributed by atoms with Gasteiger partial charge in [-0.05, 0) is 62.6 Å². The second kappa shape index (κ2) is 11.9. The first-order valence-corrected chi connectivity index (χ1v) is 15.0. The zero-order valence-corrected chi connectivity index (χ0v) is 25.1. The van der Waals surface area contributed by atoms with E-state index in [9.17, 15) is 19.3 Å². The standard InChI is InChI=1S/C28H36N5O7P/c1-16(2)21-13-22(26-29-30-28(36)33(26)20-8-9-23-19(12-20)10-11-32(23)6)24(34)14-25(21)40-41(37,15-38-7)31-18(5)27(35)39-17(3)4/h8-14,16-18,34H,15H2,1-7H3,(H,30,36)(H,31,37)/t18-,41?/m0/s1. The molecule has 2 atom stereocenters. The molecule has 220 valence electrons. The number of rotatable bonds is 11. The van der Waals surface area contributed by atoms with Crippen molar-refractivity contribution >= 4 is 24.4 Å². The van der Waals surface area contributed by atoms with Crippen LogP contribution in [0.2, 0.25) is 0 Å². The van der Waals surface area contributed by atoms with E-state index in [1.165, 1.54) is 24.7 Å². The maximum atomic E-state index is 13.8. The van der Waals surface area contributed by atoms with Crippen molar-refractivity contribution in [1.82, 2.24) is 24.4 Å². The van der Waals surface area contributed by atoms with E-state index in [0.717, 1.165) is 10.9 Å². The molecule has 2 aromatic heterocycles. The minimum atomic E-state index is -3.81. The van der Waals surface area contributed by atoms with Crippen LogP contribution in [0.5, 0.6) is 11.5 Å². The molecule has 4 aromatic rings. The lowest BCUT2D eigenvalue weighted by Crippen LogP contribution is -2.36. The zero-order chi connectivity index (χ0) is 30.1. The summed E-state index contributed by atoms with van der Waals surface area (Å²) >= 11 is 0. The van der Waals surface area contributed by atoms with Crippen LogP contribution in [0.4, 0.5) is 0 Å². The average molecular weight is 586 g/mol. The minimum absolute atomic E-state index is 0.133. The van der Waals surface area contributed by atoms with Crippen LogP contribution in [0, 0.1) is 0 Å². The van der Waals surface area contributed by atoms with Gasteiger partial charge in [0, 0.05) is 37.3 Å². The summed E-state index contributed by atoms with van der Waals surface area (Å²) in [5.74, 6) is -0.661. The molecule has 13 heteroatoms. The summed E-state index contributed by atoms with van der Waals surface area (Å²) in [4.78, 5) is 25.2. The van der Waals surface area contributed by atoms with Crippen LogP contribution in [-0.4, -0.2) is 56.0 Å². The molecular weight excluding hydrogens is 549 g/mol. The maximum Gasteiger partial charge on any atom is 0.348 e. The Morgan fingerprint density at radius 1 is 1.15 bits per heavy atom. The fourth-order valence-electron chi connectivity index (χ4n) is 4.52. The second-order valence-electron chi connectivity index (χ2n) is 10.4. The molecule has 2 aromatic carbocycles. The van der Waals surface area contributed by atoms with Gasteiger partial charge in [0.2, 0.25) is 0 Å². The number of fused-ring (bicyclic) bond motifs is 1. The fourth-order valence-corrected chi connectivity index (χ4v) is 6.21. The summed E-state index contributed by atoms with van der Waals surface area (Å²) in [5, 5.41) is 21.5. The highest BCUT2D eigenvalue weighted by atomic mass is 31.2. The van der Waals surface area contributed by atoms with Gasteiger partial charge in [0.25, 0.3) is 0 Å². The number of methoxy groups -OCH3 is 1. The van der Waals surface area contributed by atoms with Crippen molar-refractivity contribution in [3.8, 4) is 28.6 Å². The summed E-state index contributed by atoms with van der Waals surface area (Å²) in [6.07, 6.45) is 1.24. The molecule has 41 heavy (non-hydrogen) atoms. The molecule has 0 bridgehead atoms. The predicted octanol–water partition coefficient (Wildman–Crippen LogP) is 4.65. The number of aromatic amines is 1. The molecule has 0 aliphatic rings. The normalized spacial score (nSPS) is 14.0. The first-order chi connectivity index (χ1) is 19.3. The molecule has 0 spiro atoms. The van der Waals surface area contributed by atoms with Crippen molar-refractivity contribution in [2.24, 2.45) is 7.05 Å². The number of benzene rings is 2. The largest absolute Gasteiger partial charge is 0.507 e. The van der Waals surface area contributed by atoms with Crippen LogP contribution in [0.15, 0.2) is 47.4 Å². The molecule has 4 rings (SSSR count). The smallest absolute Gasteiger partial charge is 0.348 e. The van der Waals surface area contributed by atoms with Crippen LogP contribution in [0.3, 0.4) is 0 Å². The van der Waals surface area contributed by atoms with E-state index in [1.807, 2.05) is 49.9 Å². The average Bonchev–Trinajstić information content (AvgIpc) is 3.45. The van der Waals surface area contributed by atoms with E-state index in [0.29, 0.717) is 11.3 Å². The van der Waals surface area contributed by atoms with Gasteiger partial charge < -0.3 is 23.7 Å². The van der Waals surface area contributed by atoms with Gasteiger partial charge in [0.15, 0.2) is 5.82 Å². The number of aromatic hydroxyl groups is 1. The third-order valence-corrected chi connectivity index (χ3v) is 8.30. The number of aromatic nitrogens is 4. The summed E-state index contributed by atoms with van der Waals surface area (Å²) in [5.41, 5.74) is 1.96. The summed E-state index contributed by atoms with van der Waals surface area (Å²) in [6, 6.07) is 9.55. The van der Waals surface area contributed by atoms with E-state index < -0.39 is 25.2 Å². The van der Waals surface area contributed by atoms with E-state index in [2.05, 4.69) is 15.3 Å². The van der Waals surface area contributed by atoms with Crippen LogP contribution in [0.25, 0.3) is 28.0 Å². The van der Waals surface area contributed by atoms with Crippen molar-refractivity contribution in [2.45, 2.75) is 52.7 Å². The summed E-state index contributed by atoms with van der Waals surface area (Å²) in [7, 11) is -0.507. The molecule has 0 fully saturated rings. The van der Waals surface area contributed by atoms with Gasteiger partial charge in [-0.15, -0.1) is 0 Å².